The summed E-state index contributed by atoms with van der Waals surface area (Å²) >= 11 is 0. The van der Waals surface area contributed by atoms with E-state index in [1.165, 1.54) is 0 Å². The molecule has 4 nitrogen and oxygen atoms in total. The van der Waals surface area contributed by atoms with E-state index in [1.54, 1.807) is 6.20 Å². The number of nitrogens with one attached hydrogen (secondary N) is 1. The molecule has 4 heteroatoms. The number of aromatic nitrogens is 2. The van der Waals surface area contributed by atoms with Gasteiger partial charge < -0.3 is 5.32 Å². The summed E-state index contributed by atoms with van der Waals surface area (Å²) in [6.07, 6.45) is 2.34. The summed E-state index contributed by atoms with van der Waals surface area (Å²) in [6.45, 7) is 5.73. The average molecular weight is 192 g/mol. The highest BCUT2D eigenvalue weighted by atomic mass is 15.3. The van der Waals surface area contributed by atoms with Crippen LogP contribution in [0.15, 0.2) is 12.3 Å². The summed E-state index contributed by atoms with van der Waals surface area (Å²) in [7, 11) is 0. The second-order valence-electron chi connectivity index (χ2n) is 3.28. The monoisotopic (exact) mass is 192 g/mol. The van der Waals surface area contributed by atoms with E-state index in [0.29, 0.717) is 6.42 Å². The molecule has 14 heavy (non-hydrogen) atoms. The van der Waals surface area contributed by atoms with Crippen LogP contribution >= 0.6 is 0 Å². The molecule has 0 saturated heterocycles. The molecule has 1 rings (SSSR count). The maximum absolute atomic E-state index is 8.49. The lowest BCUT2D eigenvalue weighted by Gasteiger charge is -2.10. The van der Waals surface area contributed by atoms with E-state index >= 15 is 0 Å². The molecular weight excluding hydrogens is 176 g/mol. The summed E-state index contributed by atoms with van der Waals surface area (Å²) < 4.78 is 1.95. The molecule has 0 aliphatic carbocycles. The summed E-state index contributed by atoms with van der Waals surface area (Å²) in [5, 5.41) is 15.9. The van der Waals surface area contributed by atoms with Crippen LogP contribution in [0.2, 0.25) is 0 Å². The molecule has 1 heterocycles. The predicted molar refractivity (Wildman–Crippen MR) is 54.4 cm³/mol. The molecule has 0 aromatic carbocycles. The number of aryl methyl sites for hydroxylation is 1. The fourth-order valence-electron chi connectivity index (χ4n) is 1.28. The van der Waals surface area contributed by atoms with Crippen molar-refractivity contribution in [3.05, 3.63) is 18.0 Å². The Morgan fingerprint density at radius 2 is 2.50 bits per heavy atom. The van der Waals surface area contributed by atoms with Gasteiger partial charge in [-0.15, -0.1) is 0 Å². The van der Waals surface area contributed by atoms with Crippen molar-refractivity contribution in [2.24, 2.45) is 0 Å². The largest absolute Gasteiger partial charge is 0.308 e. The van der Waals surface area contributed by atoms with Crippen molar-refractivity contribution in [2.45, 2.75) is 39.4 Å². The van der Waals surface area contributed by atoms with E-state index in [4.69, 9.17) is 5.26 Å². The smallest absolute Gasteiger partial charge is 0.0638 e. The summed E-state index contributed by atoms with van der Waals surface area (Å²) in [6, 6.07) is 4.37. The topological polar surface area (TPSA) is 53.6 Å². The number of rotatable bonds is 5. The quantitative estimate of drug-likeness (QED) is 0.765. The van der Waals surface area contributed by atoms with Gasteiger partial charge in [0.2, 0.25) is 0 Å². The minimum absolute atomic E-state index is 0.236. The fraction of sp³-hybridized carbons (Fsp3) is 0.600. The molecule has 1 aromatic heterocycles. The van der Waals surface area contributed by atoms with Crippen molar-refractivity contribution in [3.63, 3.8) is 0 Å². The van der Waals surface area contributed by atoms with Crippen LogP contribution in [0.4, 0.5) is 0 Å². The third-order valence-corrected chi connectivity index (χ3v) is 2.13. The van der Waals surface area contributed by atoms with Crippen molar-refractivity contribution < 1.29 is 0 Å². The van der Waals surface area contributed by atoms with Crippen LogP contribution in [-0.2, 0) is 13.1 Å². The zero-order valence-electron chi connectivity index (χ0n) is 8.70. The van der Waals surface area contributed by atoms with Crippen molar-refractivity contribution in [1.82, 2.24) is 15.1 Å². The zero-order chi connectivity index (χ0) is 10.4. The molecule has 76 valence electrons. The lowest BCUT2D eigenvalue weighted by atomic mass is 10.2. The van der Waals surface area contributed by atoms with Gasteiger partial charge in [0, 0.05) is 25.3 Å². The lowest BCUT2D eigenvalue weighted by molar-refractivity contribution is 0.522. The minimum Gasteiger partial charge on any atom is -0.308 e. The number of hydrogen-bond acceptors (Lipinski definition) is 3. The molecule has 0 amide bonds. The van der Waals surface area contributed by atoms with Gasteiger partial charge in [-0.1, -0.05) is 0 Å². The molecule has 0 bridgehead atoms. The molecule has 1 unspecified atom stereocenters. The Kier molecular flexibility index (Phi) is 4.14. The molecule has 1 atom stereocenters. The van der Waals surface area contributed by atoms with Gasteiger partial charge in [0.05, 0.1) is 18.2 Å². The van der Waals surface area contributed by atoms with E-state index < -0.39 is 0 Å². The van der Waals surface area contributed by atoms with Gasteiger partial charge in [-0.25, -0.2) is 0 Å². The molecule has 0 aliphatic rings. The summed E-state index contributed by atoms with van der Waals surface area (Å²) in [5.41, 5.74) is 1.16. The van der Waals surface area contributed by atoms with Crippen LogP contribution < -0.4 is 5.32 Å². The van der Waals surface area contributed by atoms with Crippen LogP contribution in [0.1, 0.15) is 26.0 Å². The first-order valence-corrected chi connectivity index (χ1v) is 4.89. The fourth-order valence-corrected chi connectivity index (χ4v) is 1.28. The van der Waals surface area contributed by atoms with Crippen LogP contribution in [0.3, 0.4) is 0 Å². The molecule has 0 saturated carbocycles. The Bertz CT molecular complexity index is 310. The van der Waals surface area contributed by atoms with E-state index in [-0.39, 0.29) is 6.04 Å². The van der Waals surface area contributed by atoms with Gasteiger partial charge in [-0.3, -0.25) is 4.68 Å². The van der Waals surface area contributed by atoms with Gasteiger partial charge in [-0.05, 0) is 19.9 Å². The average Bonchev–Trinajstić information content (AvgIpc) is 2.62. The molecular formula is C10H16N4. The second-order valence-corrected chi connectivity index (χ2v) is 3.28. The third kappa shape index (κ3) is 2.86. The van der Waals surface area contributed by atoms with Gasteiger partial charge in [0.15, 0.2) is 0 Å². The molecule has 1 aromatic rings. The first-order chi connectivity index (χ1) is 6.77. The lowest BCUT2D eigenvalue weighted by Crippen LogP contribution is -2.26. The molecule has 0 spiro atoms. The van der Waals surface area contributed by atoms with Crippen LogP contribution in [0.5, 0.6) is 0 Å². The normalized spacial score (nSPS) is 12.4. The van der Waals surface area contributed by atoms with Crippen molar-refractivity contribution in [3.8, 4) is 6.07 Å². The van der Waals surface area contributed by atoms with E-state index in [1.807, 2.05) is 17.7 Å². The molecule has 1 N–H and O–H groups in total. The van der Waals surface area contributed by atoms with Crippen molar-refractivity contribution >= 4 is 0 Å². The summed E-state index contributed by atoms with van der Waals surface area (Å²) in [4.78, 5) is 0. The highest BCUT2D eigenvalue weighted by Crippen LogP contribution is 1.99. The Labute approximate surface area is 84.5 Å². The first-order valence-electron chi connectivity index (χ1n) is 4.89. The predicted octanol–water partition coefficient (Wildman–Crippen LogP) is 1.29. The standard InChI is InChI=1S/C10H16N4/c1-3-14-10(5-7-13-14)8-12-9(2)4-6-11/h5,7,9,12H,3-4,8H2,1-2H3. The highest BCUT2D eigenvalue weighted by molar-refractivity contribution is 5.00. The van der Waals surface area contributed by atoms with E-state index in [2.05, 4.69) is 23.4 Å². The molecule has 0 radical (unpaired) electrons. The summed E-state index contributed by atoms with van der Waals surface area (Å²) in [5.74, 6) is 0. The Balaban J connectivity index is 2.42. The molecule has 0 fully saturated rings. The van der Waals surface area contributed by atoms with Crippen LogP contribution in [-0.4, -0.2) is 15.8 Å². The van der Waals surface area contributed by atoms with E-state index in [9.17, 15) is 0 Å². The van der Waals surface area contributed by atoms with Gasteiger partial charge in [0.25, 0.3) is 0 Å². The first kappa shape index (κ1) is 10.7. The SMILES string of the molecule is CCn1nccc1CNC(C)CC#N. The van der Waals surface area contributed by atoms with Gasteiger partial charge in [-0.2, -0.15) is 10.4 Å². The minimum atomic E-state index is 0.236. The third-order valence-electron chi connectivity index (χ3n) is 2.13. The van der Waals surface area contributed by atoms with Crippen LogP contribution in [0, 0.1) is 11.3 Å². The maximum atomic E-state index is 8.49. The number of nitriles is 1. The maximum Gasteiger partial charge on any atom is 0.0638 e. The Hall–Kier alpha value is -1.34. The number of hydrogen-bond donors (Lipinski definition) is 1. The van der Waals surface area contributed by atoms with Gasteiger partial charge in [0.1, 0.15) is 0 Å². The Morgan fingerprint density at radius 1 is 1.71 bits per heavy atom. The molecule has 0 aliphatic heterocycles. The van der Waals surface area contributed by atoms with Crippen molar-refractivity contribution in [2.75, 3.05) is 0 Å². The Morgan fingerprint density at radius 3 is 3.14 bits per heavy atom. The zero-order valence-corrected chi connectivity index (χ0v) is 8.70. The second kappa shape index (κ2) is 5.40. The van der Waals surface area contributed by atoms with Crippen molar-refractivity contribution in [1.29, 1.82) is 5.26 Å². The highest BCUT2D eigenvalue weighted by Gasteiger charge is 2.03. The number of nitrogens with zero attached hydrogens (tertiary/aromatic N) is 3. The van der Waals surface area contributed by atoms with E-state index in [0.717, 1.165) is 18.8 Å². The van der Waals surface area contributed by atoms with Crippen LogP contribution in [0.25, 0.3) is 0 Å². The van der Waals surface area contributed by atoms with Gasteiger partial charge >= 0.3 is 0 Å².